The molecule has 0 spiro atoms. The highest BCUT2D eigenvalue weighted by Crippen LogP contribution is 2.14. The van der Waals surface area contributed by atoms with Crippen LogP contribution in [0.2, 0.25) is 0 Å². The molecule has 1 rings (SSSR count). The number of anilines is 1. The Morgan fingerprint density at radius 3 is 2.53 bits per heavy atom. The third kappa shape index (κ3) is 6.67. The van der Waals surface area contributed by atoms with E-state index in [1.807, 2.05) is 0 Å². The molecule has 5 nitrogen and oxygen atoms in total. The van der Waals surface area contributed by atoms with Gasteiger partial charge in [0.15, 0.2) is 0 Å². The Labute approximate surface area is 114 Å². The molecule has 106 valence electrons. The summed E-state index contributed by atoms with van der Waals surface area (Å²) < 4.78 is 10.1. The van der Waals surface area contributed by atoms with E-state index in [4.69, 9.17) is 9.47 Å². The Morgan fingerprint density at radius 1 is 1.26 bits per heavy atom. The molecular formula is C14H22N2O3. The molecule has 0 saturated carbocycles. The number of methoxy groups -OCH3 is 1. The Morgan fingerprint density at radius 2 is 1.95 bits per heavy atom. The molecule has 2 N–H and O–H groups in total. The van der Waals surface area contributed by atoms with E-state index in [1.165, 1.54) is 0 Å². The van der Waals surface area contributed by atoms with Crippen molar-refractivity contribution >= 4 is 11.8 Å². The summed E-state index contributed by atoms with van der Waals surface area (Å²) in [7, 11) is 1.60. The van der Waals surface area contributed by atoms with Gasteiger partial charge < -0.3 is 14.8 Å². The maximum atomic E-state index is 11.5. The van der Waals surface area contributed by atoms with Crippen LogP contribution in [0.15, 0.2) is 24.3 Å². The fourth-order valence-corrected chi connectivity index (χ4v) is 1.46. The van der Waals surface area contributed by atoms with Crippen LogP contribution in [0.1, 0.15) is 20.3 Å². The number of hydrogen-bond donors (Lipinski definition) is 2. The van der Waals surface area contributed by atoms with Gasteiger partial charge in [-0.2, -0.15) is 0 Å². The van der Waals surface area contributed by atoms with E-state index < -0.39 is 6.09 Å². The van der Waals surface area contributed by atoms with Crippen molar-refractivity contribution in [3.63, 3.8) is 0 Å². The molecule has 0 atom stereocenters. The van der Waals surface area contributed by atoms with Gasteiger partial charge in [0, 0.05) is 11.7 Å². The zero-order valence-electron chi connectivity index (χ0n) is 11.7. The third-order valence-electron chi connectivity index (χ3n) is 2.44. The van der Waals surface area contributed by atoms with Crippen LogP contribution in [-0.4, -0.2) is 32.4 Å². The highest BCUT2D eigenvalue weighted by Gasteiger charge is 2.03. The third-order valence-corrected chi connectivity index (χ3v) is 2.44. The largest absolute Gasteiger partial charge is 0.497 e. The van der Waals surface area contributed by atoms with Gasteiger partial charge in [-0.1, -0.05) is 13.8 Å². The van der Waals surface area contributed by atoms with Crippen molar-refractivity contribution in [2.45, 2.75) is 26.3 Å². The Bertz CT molecular complexity index is 377. The summed E-state index contributed by atoms with van der Waals surface area (Å²) in [5.41, 5.74) is 0.686. The van der Waals surface area contributed by atoms with Gasteiger partial charge in [-0.15, -0.1) is 0 Å². The second kappa shape index (κ2) is 8.37. The molecule has 19 heavy (non-hydrogen) atoms. The number of amides is 1. The van der Waals surface area contributed by atoms with E-state index in [0.717, 1.165) is 18.7 Å². The van der Waals surface area contributed by atoms with E-state index in [2.05, 4.69) is 24.5 Å². The second-order valence-corrected chi connectivity index (χ2v) is 4.45. The van der Waals surface area contributed by atoms with Crippen LogP contribution < -0.4 is 15.4 Å². The zero-order valence-corrected chi connectivity index (χ0v) is 11.7. The summed E-state index contributed by atoms with van der Waals surface area (Å²) in [4.78, 5) is 11.5. The van der Waals surface area contributed by atoms with E-state index in [0.29, 0.717) is 18.3 Å². The Kier molecular flexibility index (Phi) is 6.74. The number of ether oxygens (including phenoxy) is 2. The fraction of sp³-hybridized carbons (Fsp3) is 0.500. The molecule has 0 aliphatic carbocycles. The predicted octanol–water partition coefficient (Wildman–Crippen LogP) is 2.63. The van der Waals surface area contributed by atoms with Gasteiger partial charge in [0.25, 0.3) is 0 Å². The van der Waals surface area contributed by atoms with Crippen molar-refractivity contribution in [2.75, 3.05) is 25.6 Å². The summed E-state index contributed by atoms with van der Waals surface area (Å²) in [5, 5.41) is 5.91. The van der Waals surface area contributed by atoms with Gasteiger partial charge in [-0.25, -0.2) is 4.79 Å². The molecule has 0 unspecified atom stereocenters. The quantitative estimate of drug-likeness (QED) is 0.745. The number of benzene rings is 1. The molecule has 0 radical (unpaired) electrons. The first-order valence-corrected chi connectivity index (χ1v) is 6.43. The van der Waals surface area contributed by atoms with Crippen LogP contribution in [0, 0.1) is 0 Å². The average Bonchev–Trinajstić information content (AvgIpc) is 2.39. The first-order chi connectivity index (χ1) is 9.11. The summed E-state index contributed by atoms with van der Waals surface area (Å²) in [6.07, 6.45) is 0.364. The number of hydrogen-bond acceptors (Lipinski definition) is 4. The van der Waals surface area contributed by atoms with Gasteiger partial charge in [0.2, 0.25) is 0 Å². The second-order valence-electron chi connectivity index (χ2n) is 4.45. The number of rotatable bonds is 7. The maximum Gasteiger partial charge on any atom is 0.411 e. The van der Waals surface area contributed by atoms with Crippen molar-refractivity contribution < 1.29 is 14.3 Å². The molecule has 5 heteroatoms. The van der Waals surface area contributed by atoms with Crippen molar-refractivity contribution in [3.05, 3.63) is 24.3 Å². The topological polar surface area (TPSA) is 59.6 Å². The molecule has 0 aromatic heterocycles. The lowest BCUT2D eigenvalue weighted by atomic mass is 10.3. The molecule has 0 heterocycles. The van der Waals surface area contributed by atoms with Gasteiger partial charge in [0.05, 0.1) is 13.7 Å². The lowest BCUT2D eigenvalue weighted by molar-refractivity contribution is 0.160. The van der Waals surface area contributed by atoms with E-state index in [1.54, 1.807) is 31.4 Å². The predicted molar refractivity (Wildman–Crippen MR) is 75.7 cm³/mol. The minimum Gasteiger partial charge on any atom is -0.497 e. The molecule has 0 aliphatic rings. The Hall–Kier alpha value is -1.75. The van der Waals surface area contributed by atoms with Gasteiger partial charge >= 0.3 is 6.09 Å². The highest BCUT2D eigenvalue weighted by molar-refractivity contribution is 5.84. The molecular weight excluding hydrogens is 244 g/mol. The summed E-state index contributed by atoms with van der Waals surface area (Å²) in [6, 6.07) is 7.54. The maximum absolute atomic E-state index is 11.5. The minimum atomic E-state index is -0.435. The van der Waals surface area contributed by atoms with Crippen molar-refractivity contribution in [1.82, 2.24) is 5.32 Å². The Balaban J connectivity index is 2.19. The standard InChI is InChI=1S/C14H22N2O3/c1-11(2)15-9-4-10-19-14(17)16-12-5-7-13(18-3)8-6-12/h5-8,11,15H,4,9-10H2,1-3H3,(H,16,17). The van der Waals surface area contributed by atoms with Crippen LogP contribution in [-0.2, 0) is 4.74 Å². The smallest absolute Gasteiger partial charge is 0.411 e. The summed E-state index contributed by atoms with van der Waals surface area (Å²) in [6.45, 7) is 5.41. The normalized spacial score (nSPS) is 10.3. The van der Waals surface area contributed by atoms with Crippen LogP contribution in [0.25, 0.3) is 0 Å². The molecule has 0 saturated heterocycles. The van der Waals surface area contributed by atoms with E-state index >= 15 is 0 Å². The zero-order chi connectivity index (χ0) is 14.1. The van der Waals surface area contributed by atoms with Gasteiger partial charge in [0.1, 0.15) is 5.75 Å². The van der Waals surface area contributed by atoms with Gasteiger partial charge in [-0.05, 0) is 37.2 Å². The number of nitrogens with one attached hydrogen (secondary N) is 2. The molecule has 1 amide bonds. The van der Waals surface area contributed by atoms with Crippen molar-refractivity contribution in [2.24, 2.45) is 0 Å². The first-order valence-electron chi connectivity index (χ1n) is 6.43. The first kappa shape index (κ1) is 15.3. The van der Waals surface area contributed by atoms with Crippen molar-refractivity contribution in [1.29, 1.82) is 0 Å². The van der Waals surface area contributed by atoms with Crippen LogP contribution in [0.3, 0.4) is 0 Å². The SMILES string of the molecule is COc1ccc(NC(=O)OCCCNC(C)C)cc1. The molecule has 0 bridgehead atoms. The van der Waals surface area contributed by atoms with Crippen LogP contribution in [0.5, 0.6) is 5.75 Å². The number of carbonyl (C=O) groups is 1. The monoisotopic (exact) mass is 266 g/mol. The summed E-state index contributed by atoms with van der Waals surface area (Å²) >= 11 is 0. The fourth-order valence-electron chi connectivity index (χ4n) is 1.46. The molecule has 0 fully saturated rings. The van der Waals surface area contributed by atoms with Crippen LogP contribution in [0.4, 0.5) is 10.5 Å². The average molecular weight is 266 g/mol. The lowest BCUT2D eigenvalue weighted by Gasteiger charge is -2.09. The highest BCUT2D eigenvalue weighted by atomic mass is 16.5. The molecule has 1 aromatic carbocycles. The molecule has 0 aliphatic heterocycles. The summed E-state index contributed by atoms with van der Waals surface area (Å²) in [5.74, 6) is 0.749. The van der Waals surface area contributed by atoms with Crippen molar-refractivity contribution in [3.8, 4) is 5.75 Å². The van der Waals surface area contributed by atoms with Crippen LogP contribution >= 0.6 is 0 Å². The lowest BCUT2D eigenvalue weighted by Crippen LogP contribution is -2.25. The molecule has 1 aromatic rings. The van der Waals surface area contributed by atoms with E-state index in [9.17, 15) is 4.79 Å². The van der Waals surface area contributed by atoms with E-state index in [-0.39, 0.29) is 0 Å². The van der Waals surface area contributed by atoms with Gasteiger partial charge in [-0.3, -0.25) is 5.32 Å². The number of carbonyl (C=O) groups excluding carboxylic acids is 1. The minimum absolute atomic E-state index is 0.404.